The monoisotopic (exact) mass is 73.0 g/mol. The van der Waals surface area contributed by atoms with Crippen LogP contribution in [0.25, 0.3) is 0 Å². The van der Waals surface area contributed by atoms with Crippen LogP contribution in [0.2, 0.25) is 0 Å². The Bertz CT molecular complexity index is 6.00. The summed E-state index contributed by atoms with van der Waals surface area (Å²) < 4.78 is 0. The minimum absolute atomic E-state index is 0. The maximum atomic E-state index is 3.79. The van der Waals surface area contributed by atoms with Crippen LogP contribution in [0.4, 0.5) is 0 Å². The molecule has 0 rings (SSSR count). The molecule has 0 aromatic carbocycles. The number of hydrogen-bond acceptors (Lipinski definition) is 1. The van der Waals surface area contributed by atoms with E-state index in [1.54, 1.807) is 0 Å². The summed E-state index contributed by atoms with van der Waals surface area (Å²) in [5.41, 5.74) is 0. The second-order valence-corrected chi connectivity index (χ2v) is 0.949. The van der Waals surface area contributed by atoms with E-state index in [0.717, 1.165) is 5.75 Å². The SMILES string of the molecule is CCS.[B]. The van der Waals surface area contributed by atoms with Gasteiger partial charge in [-0.15, -0.1) is 0 Å². The Morgan fingerprint density at radius 1 is 1.75 bits per heavy atom. The topological polar surface area (TPSA) is 0 Å². The molecule has 0 unspecified atom stereocenters. The highest BCUT2D eigenvalue weighted by Gasteiger charge is 1.35. The van der Waals surface area contributed by atoms with Crippen LogP contribution in [0.3, 0.4) is 0 Å². The van der Waals surface area contributed by atoms with E-state index >= 15 is 0 Å². The summed E-state index contributed by atoms with van der Waals surface area (Å²) in [6, 6.07) is 0. The molecular weight excluding hydrogens is 66.9 g/mol. The zero-order chi connectivity index (χ0) is 2.71. The van der Waals surface area contributed by atoms with Crippen LogP contribution in [0.15, 0.2) is 0 Å². The predicted molar refractivity (Wildman–Crippen MR) is 25.3 cm³/mol. The van der Waals surface area contributed by atoms with Crippen molar-refractivity contribution in [2.24, 2.45) is 0 Å². The third kappa shape index (κ3) is 28.1. The van der Waals surface area contributed by atoms with Crippen LogP contribution >= 0.6 is 12.6 Å². The molecular formula is C2H6BS. The number of rotatable bonds is 0. The molecule has 0 aromatic rings. The summed E-state index contributed by atoms with van der Waals surface area (Å²) in [5, 5.41) is 0. The van der Waals surface area contributed by atoms with Gasteiger partial charge < -0.3 is 0 Å². The van der Waals surface area contributed by atoms with Crippen LogP contribution in [0.5, 0.6) is 0 Å². The summed E-state index contributed by atoms with van der Waals surface area (Å²) >= 11 is 3.79. The van der Waals surface area contributed by atoms with E-state index in [-0.39, 0.29) is 8.41 Å². The van der Waals surface area contributed by atoms with Gasteiger partial charge in [-0.2, -0.15) is 12.6 Å². The molecule has 0 bridgehead atoms. The molecule has 0 amide bonds. The first kappa shape index (κ1) is 8.83. The van der Waals surface area contributed by atoms with Crippen molar-refractivity contribution in [2.75, 3.05) is 5.75 Å². The van der Waals surface area contributed by atoms with Crippen LogP contribution < -0.4 is 0 Å². The zero-order valence-electron chi connectivity index (χ0n) is 2.73. The average molecular weight is 72.9 g/mol. The molecule has 0 atom stereocenters. The van der Waals surface area contributed by atoms with Gasteiger partial charge >= 0.3 is 0 Å². The largest absolute Gasteiger partial charge is 0.180 e. The fourth-order valence-corrected chi connectivity index (χ4v) is 0. The zero-order valence-corrected chi connectivity index (χ0v) is 3.63. The molecule has 0 nitrogen and oxygen atoms in total. The van der Waals surface area contributed by atoms with Gasteiger partial charge in [-0.25, -0.2) is 0 Å². The summed E-state index contributed by atoms with van der Waals surface area (Å²) in [6.45, 7) is 1.99. The molecule has 23 valence electrons. The van der Waals surface area contributed by atoms with E-state index in [1.165, 1.54) is 0 Å². The van der Waals surface area contributed by atoms with Crippen LogP contribution in [-0.4, -0.2) is 14.2 Å². The third-order valence-electron chi connectivity index (χ3n) is 0. The first-order valence-electron chi connectivity index (χ1n) is 1.02. The van der Waals surface area contributed by atoms with E-state index in [4.69, 9.17) is 0 Å². The van der Waals surface area contributed by atoms with Crippen molar-refractivity contribution in [1.29, 1.82) is 0 Å². The van der Waals surface area contributed by atoms with Gasteiger partial charge in [-0.1, -0.05) is 6.92 Å². The first-order chi connectivity index (χ1) is 1.41. The quantitative estimate of drug-likeness (QED) is 0.314. The molecule has 0 saturated heterocycles. The first-order valence-corrected chi connectivity index (χ1v) is 1.66. The van der Waals surface area contributed by atoms with Gasteiger partial charge in [0.25, 0.3) is 0 Å². The molecule has 0 aromatic heterocycles. The highest BCUT2D eigenvalue weighted by Crippen LogP contribution is 1.58. The van der Waals surface area contributed by atoms with Crippen molar-refractivity contribution in [1.82, 2.24) is 0 Å². The summed E-state index contributed by atoms with van der Waals surface area (Å²) in [4.78, 5) is 0. The van der Waals surface area contributed by atoms with Gasteiger partial charge in [0.15, 0.2) is 0 Å². The minimum atomic E-state index is 0. The maximum absolute atomic E-state index is 3.79. The van der Waals surface area contributed by atoms with Gasteiger partial charge in [0.05, 0.1) is 0 Å². The number of hydrogen-bond donors (Lipinski definition) is 1. The normalized spacial score (nSPS) is 4.50. The fraction of sp³-hybridized carbons (Fsp3) is 1.00. The minimum Gasteiger partial charge on any atom is -0.180 e. The molecule has 0 fully saturated rings. The molecule has 0 spiro atoms. The Morgan fingerprint density at radius 3 is 1.75 bits per heavy atom. The molecule has 0 N–H and O–H groups in total. The van der Waals surface area contributed by atoms with Gasteiger partial charge in [-0.05, 0) is 5.75 Å². The van der Waals surface area contributed by atoms with Crippen molar-refractivity contribution < 1.29 is 0 Å². The maximum Gasteiger partial charge on any atom is 0 e. The Kier molecular flexibility index (Phi) is 22.0. The Hall–Kier alpha value is 0.415. The van der Waals surface area contributed by atoms with Crippen molar-refractivity contribution in [2.45, 2.75) is 6.92 Å². The predicted octanol–water partition coefficient (Wildman–Crippen LogP) is 0.555. The highest BCUT2D eigenvalue weighted by molar-refractivity contribution is 7.80. The smallest absolute Gasteiger partial charge is 0 e. The van der Waals surface area contributed by atoms with Crippen LogP contribution in [-0.2, 0) is 0 Å². The lowest BCUT2D eigenvalue weighted by atomic mass is 10.8. The van der Waals surface area contributed by atoms with E-state index in [1.807, 2.05) is 6.92 Å². The van der Waals surface area contributed by atoms with Gasteiger partial charge in [0.1, 0.15) is 0 Å². The molecule has 3 radical (unpaired) electrons. The second kappa shape index (κ2) is 9.95. The summed E-state index contributed by atoms with van der Waals surface area (Å²) in [5.74, 6) is 0.944. The van der Waals surface area contributed by atoms with Crippen molar-refractivity contribution in [3.05, 3.63) is 0 Å². The lowest BCUT2D eigenvalue weighted by Gasteiger charge is -1.48. The summed E-state index contributed by atoms with van der Waals surface area (Å²) in [7, 11) is 0. The summed E-state index contributed by atoms with van der Waals surface area (Å²) in [6.07, 6.45) is 0. The average Bonchev–Trinajstić information content (AvgIpc) is 0.918. The van der Waals surface area contributed by atoms with Gasteiger partial charge in [0, 0.05) is 8.41 Å². The van der Waals surface area contributed by atoms with E-state index in [0.29, 0.717) is 0 Å². The highest BCUT2D eigenvalue weighted by atomic mass is 32.1. The van der Waals surface area contributed by atoms with E-state index < -0.39 is 0 Å². The lowest BCUT2D eigenvalue weighted by Crippen LogP contribution is -1.36. The molecule has 0 saturated carbocycles. The molecule has 0 aliphatic heterocycles. The van der Waals surface area contributed by atoms with Crippen molar-refractivity contribution in [3.8, 4) is 0 Å². The molecule has 0 aliphatic rings. The van der Waals surface area contributed by atoms with Crippen LogP contribution in [0.1, 0.15) is 6.92 Å². The van der Waals surface area contributed by atoms with E-state index in [9.17, 15) is 0 Å². The standard InChI is InChI=1S/C2H6S.B/c1-2-3;/h3H,2H2,1H3;. The Labute approximate surface area is 34.6 Å². The fourth-order valence-electron chi connectivity index (χ4n) is 0. The lowest BCUT2D eigenvalue weighted by molar-refractivity contribution is 1.54. The van der Waals surface area contributed by atoms with Crippen LogP contribution in [0, 0.1) is 0 Å². The Morgan fingerprint density at radius 2 is 1.75 bits per heavy atom. The molecule has 0 heterocycles. The van der Waals surface area contributed by atoms with Gasteiger partial charge in [0.2, 0.25) is 0 Å². The molecule has 0 aliphatic carbocycles. The van der Waals surface area contributed by atoms with Crippen molar-refractivity contribution in [3.63, 3.8) is 0 Å². The third-order valence-corrected chi connectivity index (χ3v) is 0. The van der Waals surface area contributed by atoms with E-state index in [2.05, 4.69) is 12.6 Å². The number of thiol groups is 1. The van der Waals surface area contributed by atoms with Gasteiger partial charge in [-0.3, -0.25) is 0 Å². The molecule has 4 heavy (non-hydrogen) atoms. The molecule has 2 heteroatoms. The Balaban J connectivity index is 0. The van der Waals surface area contributed by atoms with Crippen molar-refractivity contribution >= 4 is 21.0 Å². The second-order valence-electron chi connectivity index (χ2n) is 0.316.